The van der Waals surface area contributed by atoms with Crippen molar-refractivity contribution < 1.29 is 23.8 Å². The summed E-state index contributed by atoms with van der Waals surface area (Å²) in [6.45, 7) is 2.57. The van der Waals surface area contributed by atoms with Crippen molar-refractivity contribution in [3.8, 4) is 11.5 Å². The van der Waals surface area contributed by atoms with Gasteiger partial charge >= 0.3 is 0 Å². The van der Waals surface area contributed by atoms with E-state index in [4.69, 9.17) is 14.2 Å². The van der Waals surface area contributed by atoms with Gasteiger partial charge in [0, 0.05) is 17.8 Å². The van der Waals surface area contributed by atoms with Gasteiger partial charge in [0.15, 0.2) is 11.5 Å². The maximum Gasteiger partial charge on any atom is 0.234 e. The van der Waals surface area contributed by atoms with Gasteiger partial charge in [-0.1, -0.05) is 42.5 Å². The van der Waals surface area contributed by atoms with Crippen LogP contribution < -0.4 is 19.7 Å². The van der Waals surface area contributed by atoms with Gasteiger partial charge in [0.2, 0.25) is 18.6 Å². The number of rotatable bonds is 6. The lowest BCUT2D eigenvalue weighted by Gasteiger charge is -2.25. The van der Waals surface area contributed by atoms with E-state index in [1.54, 1.807) is 4.90 Å². The predicted octanol–water partition coefficient (Wildman–Crippen LogP) is 2.84. The molecule has 2 aromatic carbocycles. The lowest BCUT2D eigenvalue weighted by Crippen LogP contribution is -2.46. The van der Waals surface area contributed by atoms with E-state index in [1.165, 1.54) is 5.56 Å². The van der Waals surface area contributed by atoms with Crippen LogP contribution in [-0.4, -0.2) is 42.9 Å². The van der Waals surface area contributed by atoms with E-state index in [1.807, 2.05) is 55.5 Å². The van der Waals surface area contributed by atoms with E-state index >= 15 is 0 Å². The Morgan fingerprint density at radius 3 is 2.85 bits per heavy atom. The largest absolute Gasteiger partial charge is 0.454 e. The number of carbonyl (C=O) groups excluding carboxylic acids is 2. The van der Waals surface area contributed by atoms with Gasteiger partial charge < -0.3 is 24.4 Å². The third-order valence-corrected chi connectivity index (χ3v) is 7.17. The molecule has 7 heteroatoms. The number of aryl methyl sites for hydroxylation is 1. The van der Waals surface area contributed by atoms with Gasteiger partial charge in [0.25, 0.3) is 0 Å². The summed E-state index contributed by atoms with van der Waals surface area (Å²) in [5.74, 6) is 0.0372. The molecule has 7 nitrogen and oxygen atoms in total. The Hall–Kier alpha value is -3.32. The highest BCUT2D eigenvalue weighted by Gasteiger charge is 2.67. The van der Waals surface area contributed by atoms with Crippen molar-refractivity contribution >= 4 is 17.5 Å². The summed E-state index contributed by atoms with van der Waals surface area (Å²) < 4.78 is 17.1. The first-order valence-electron chi connectivity index (χ1n) is 11.5. The minimum absolute atomic E-state index is 0.00164. The fourth-order valence-corrected chi connectivity index (χ4v) is 5.51. The number of ether oxygens (including phenoxy) is 3. The lowest BCUT2D eigenvalue weighted by molar-refractivity contribution is -0.132. The van der Waals surface area contributed by atoms with Crippen LogP contribution in [0.15, 0.2) is 60.7 Å². The number of nitrogens with one attached hydrogen (secondary N) is 1. The molecule has 2 fully saturated rings. The Morgan fingerprint density at radius 2 is 2.00 bits per heavy atom. The fourth-order valence-electron chi connectivity index (χ4n) is 5.51. The Bertz CT molecular complexity index is 1130. The third kappa shape index (κ3) is 3.30. The van der Waals surface area contributed by atoms with Gasteiger partial charge in [-0.2, -0.15) is 0 Å². The van der Waals surface area contributed by atoms with Crippen molar-refractivity contribution in [2.75, 3.05) is 18.2 Å². The maximum absolute atomic E-state index is 13.5. The zero-order chi connectivity index (χ0) is 22.6. The first kappa shape index (κ1) is 20.3. The molecular formula is C26H26N2O5. The standard InChI is InChI=1S/C26H26N2O5/c1-16(7-8-17-5-3-2-4-6-17)27-24(29)22-20-11-12-26(33-20)14-28(25(30)23(22)26)18-9-10-19-21(13-18)32-15-31-19/h2-6,9-13,16,20,22-23H,7-8,14-15H2,1H3,(H,27,29)/t16-,20-,22-,23+,26+/m1/s1. The minimum atomic E-state index is -0.757. The molecule has 2 bridgehead atoms. The third-order valence-electron chi connectivity index (χ3n) is 7.17. The van der Waals surface area contributed by atoms with E-state index in [-0.39, 0.29) is 30.8 Å². The summed E-state index contributed by atoms with van der Waals surface area (Å²) >= 11 is 0. The van der Waals surface area contributed by atoms with E-state index in [0.717, 1.165) is 18.5 Å². The number of hydrogen-bond acceptors (Lipinski definition) is 5. The summed E-state index contributed by atoms with van der Waals surface area (Å²) in [6, 6.07) is 15.7. The van der Waals surface area contributed by atoms with E-state index in [9.17, 15) is 9.59 Å². The normalized spacial score (nSPS) is 29.4. The van der Waals surface area contributed by atoms with Crippen LogP contribution in [-0.2, 0) is 20.7 Å². The topological polar surface area (TPSA) is 77.1 Å². The lowest BCUT2D eigenvalue weighted by atomic mass is 9.76. The maximum atomic E-state index is 13.5. The van der Waals surface area contributed by atoms with E-state index < -0.39 is 17.4 Å². The first-order valence-corrected chi connectivity index (χ1v) is 11.5. The highest BCUT2D eigenvalue weighted by Crippen LogP contribution is 2.53. The second-order valence-corrected chi connectivity index (χ2v) is 9.30. The van der Waals surface area contributed by atoms with E-state index in [2.05, 4.69) is 17.4 Å². The number of benzene rings is 2. The second-order valence-electron chi connectivity index (χ2n) is 9.30. The Balaban J connectivity index is 1.17. The summed E-state index contributed by atoms with van der Waals surface area (Å²) in [4.78, 5) is 28.6. The Kier molecular flexibility index (Phi) is 4.69. The van der Waals surface area contributed by atoms with Crippen LogP contribution in [0.2, 0.25) is 0 Å². The molecule has 170 valence electrons. The van der Waals surface area contributed by atoms with Crippen LogP contribution in [0.1, 0.15) is 18.9 Å². The average Bonchev–Trinajstić information content (AvgIpc) is 3.58. The van der Waals surface area contributed by atoms with Crippen molar-refractivity contribution in [3.63, 3.8) is 0 Å². The highest BCUT2D eigenvalue weighted by atomic mass is 16.7. The van der Waals surface area contributed by atoms with Crippen molar-refractivity contribution in [1.82, 2.24) is 5.32 Å². The molecule has 5 atom stereocenters. The smallest absolute Gasteiger partial charge is 0.234 e. The molecule has 2 aromatic rings. The van der Waals surface area contributed by atoms with Gasteiger partial charge in [-0.05, 0) is 37.5 Å². The van der Waals surface area contributed by atoms with Crippen LogP contribution in [0, 0.1) is 11.8 Å². The number of fused-ring (bicyclic) bond motifs is 2. The zero-order valence-electron chi connectivity index (χ0n) is 18.4. The van der Waals surface area contributed by atoms with Gasteiger partial charge in [-0.3, -0.25) is 9.59 Å². The number of nitrogens with zero attached hydrogens (tertiary/aromatic N) is 1. The molecule has 2 saturated heterocycles. The molecule has 1 N–H and O–H groups in total. The quantitative estimate of drug-likeness (QED) is 0.691. The molecule has 1 spiro atoms. The Labute approximate surface area is 192 Å². The monoisotopic (exact) mass is 446 g/mol. The highest BCUT2D eigenvalue weighted by molar-refractivity contribution is 6.03. The fraction of sp³-hybridized carbons (Fsp3) is 0.385. The van der Waals surface area contributed by atoms with Crippen LogP contribution in [0.4, 0.5) is 5.69 Å². The van der Waals surface area contributed by atoms with E-state index in [0.29, 0.717) is 18.0 Å². The number of carbonyl (C=O) groups is 2. The molecule has 33 heavy (non-hydrogen) atoms. The SMILES string of the molecule is C[C@H](CCc1ccccc1)NC(=O)[C@H]1[C@H]2C(=O)N(c3ccc4c(c3)OCO4)C[C@@]23C=C[C@H]1O3. The Morgan fingerprint density at radius 1 is 1.18 bits per heavy atom. The number of anilines is 1. The van der Waals surface area contributed by atoms with Gasteiger partial charge in [0.1, 0.15) is 5.60 Å². The molecule has 0 saturated carbocycles. The van der Waals surface area contributed by atoms with Crippen molar-refractivity contribution in [2.45, 2.75) is 37.5 Å². The second kappa shape index (κ2) is 7.63. The van der Waals surface area contributed by atoms with Crippen LogP contribution in [0.5, 0.6) is 11.5 Å². The minimum Gasteiger partial charge on any atom is -0.454 e. The molecule has 2 amide bonds. The molecule has 4 aliphatic rings. The molecular weight excluding hydrogens is 420 g/mol. The summed E-state index contributed by atoms with van der Waals surface area (Å²) in [7, 11) is 0. The molecule has 4 heterocycles. The van der Waals surface area contributed by atoms with Gasteiger partial charge in [-0.15, -0.1) is 0 Å². The van der Waals surface area contributed by atoms with Gasteiger partial charge in [-0.25, -0.2) is 0 Å². The van der Waals surface area contributed by atoms with Crippen LogP contribution in [0.25, 0.3) is 0 Å². The van der Waals surface area contributed by atoms with Gasteiger partial charge in [0.05, 0.1) is 24.5 Å². The van der Waals surface area contributed by atoms with Crippen LogP contribution in [0.3, 0.4) is 0 Å². The summed E-state index contributed by atoms with van der Waals surface area (Å²) in [6.07, 6.45) is 5.26. The van der Waals surface area contributed by atoms with Crippen molar-refractivity contribution in [2.24, 2.45) is 11.8 Å². The molecule has 0 radical (unpaired) electrons. The number of hydrogen-bond donors (Lipinski definition) is 1. The summed E-state index contributed by atoms with van der Waals surface area (Å²) in [5, 5.41) is 3.14. The molecule has 0 aromatic heterocycles. The summed E-state index contributed by atoms with van der Waals surface area (Å²) in [5.41, 5.74) is 1.21. The molecule has 6 rings (SSSR count). The van der Waals surface area contributed by atoms with Crippen LogP contribution >= 0.6 is 0 Å². The van der Waals surface area contributed by atoms with Crippen molar-refractivity contribution in [1.29, 1.82) is 0 Å². The molecule has 4 aliphatic heterocycles. The molecule has 0 aliphatic carbocycles. The average molecular weight is 447 g/mol. The first-order chi connectivity index (χ1) is 16.0. The van der Waals surface area contributed by atoms with Crippen molar-refractivity contribution in [3.05, 3.63) is 66.2 Å². The zero-order valence-corrected chi connectivity index (χ0v) is 18.4. The predicted molar refractivity (Wildman–Crippen MR) is 121 cm³/mol. The number of amides is 2. The molecule has 0 unspecified atom stereocenters.